The Balaban J connectivity index is 2.03. The molecule has 0 amide bonds. The third-order valence-corrected chi connectivity index (χ3v) is 3.66. The molecule has 0 unspecified atom stereocenters. The Morgan fingerprint density at radius 3 is 2.75 bits per heavy atom. The molecule has 1 aliphatic carbocycles. The first-order chi connectivity index (χ1) is 7.92. The summed E-state index contributed by atoms with van der Waals surface area (Å²) in [6.45, 7) is 1.04. The minimum absolute atomic E-state index is 0.733. The van der Waals surface area contributed by atoms with E-state index in [1.54, 1.807) is 0 Å². The van der Waals surface area contributed by atoms with E-state index in [9.17, 15) is 0 Å². The predicted molar refractivity (Wildman–Crippen MR) is 66.7 cm³/mol. The number of hydrogen-bond acceptors (Lipinski definition) is 2. The summed E-state index contributed by atoms with van der Waals surface area (Å²) in [4.78, 5) is 0. The van der Waals surface area contributed by atoms with Gasteiger partial charge < -0.3 is 5.32 Å². The van der Waals surface area contributed by atoms with Crippen LogP contribution >= 0.6 is 0 Å². The lowest BCUT2D eigenvalue weighted by molar-refractivity contribution is 0.570. The Bertz CT molecular complexity index is 298. The van der Waals surface area contributed by atoms with Gasteiger partial charge >= 0.3 is 0 Å². The molecule has 0 bridgehead atoms. The number of likely N-dealkylation sites (N-methyl/N-ethyl adjacent to an activating group) is 1. The van der Waals surface area contributed by atoms with Crippen LogP contribution in [0.15, 0.2) is 6.20 Å². The summed E-state index contributed by atoms with van der Waals surface area (Å²) in [5, 5.41) is 10.7. The molecule has 3 nitrogen and oxygen atoms in total. The highest BCUT2D eigenvalue weighted by molar-refractivity contribution is 5.21. The van der Waals surface area contributed by atoms with Crippen molar-refractivity contribution in [2.45, 2.75) is 50.9 Å². The van der Waals surface area contributed by atoms with Gasteiger partial charge in [-0.1, -0.05) is 25.7 Å². The quantitative estimate of drug-likeness (QED) is 0.767. The number of hydrogen-bond donors (Lipinski definition) is 2. The second kappa shape index (κ2) is 6.04. The Hall–Kier alpha value is -0.830. The van der Waals surface area contributed by atoms with E-state index < -0.39 is 0 Å². The topological polar surface area (TPSA) is 40.7 Å². The van der Waals surface area contributed by atoms with Gasteiger partial charge in [-0.15, -0.1) is 0 Å². The molecule has 1 aliphatic rings. The third kappa shape index (κ3) is 2.85. The highest BCUT2D eigenvalue weighted by atomic mass is 15.1. The Morgan fingerprint density at radius 2 is 2.06 bits per heavy atom. The lowest BCUT2D eigenvalue weighted by Gasteiger charge is -2.14. The second-order valence-electron chi connectivity index (χ2n) is 4.85. The molecule has 1 aromatic rings. The molecule has 1 aromatic heterocycles. The van der Waals surface area contributed by atoms with E-state index in [0.29, 0.717) is 0 Å². The van der Waals surface area contributed by atoms with Crippen molar-refractivity contribution in [2.24, 2.45) is 0 Å². The minimum Gasteiger partial charge on any atom is -0.319 e. The molecule has 0 radical (unpaired) electrons. The molecular weight excluding hydrogens is 198 g/mol. The van der Waals surface area contributed by atoms with E-state index in [1.165, 1.54) is 49.8 Å². The molecule has 0 atom stereocenters. The minimum atomic E-state index is 0.733. The smallest absolute Gasteiger partial charge is 0.0522 e. The van der Waals surface area contributed by atoms with E-state index in [0.717, 1.165) is 18.9 Å². The van der Waals surface area contributed by atoms with Crippen LogP contribution in [0.25, 0.3) is 0 Å². The van der Waals surface area contributed by atoms with Crippen molar-refractivity contribution < 1.29 is 0 Å². The zero-order valence-electron chi connectivity index (χ0n) is 10.3. The van der Waals surface area contributed by atoms with Gasteiger partial charge in [0.2, 0.25) is 0 Å². The Labute approximate surface area is 98.0 Å². The lowest BCUT2D eigenvalue weighted by atomic mass is 9.93. The summed E-state index contributed by atoms with van der Waals surface area (Å²) >= 11 is 0. The van der Waals surface area contributed by atoms with Crippen LogP contribution in [0.2, 0.25) is 0 Å². The van der Waals surface area contributed by atoms with Crippen molar-refractivity contribution in [2.75, 3.05) is 13.6 Å². The monoisotopic (exact) mass is 221 g/mol. The van der Waals surface area contributed by atoms with Gasteiger partial charge in [0, 0.05) is 11.6 Å². The summed E-state index contributed by atoms with van der Waals surface area (Å²) in [6, 6.07) is 0. The SMILES string of the molecule is CNCCc1cn[nH]c1C1CCCCCC1. The highest BCUT2D eigenvalue weighted by Crippen LogP contribution is 2.32. The maximum absolute atomic E-state index is 4.23. The van der Waals surface area contributed by atoms with E-state index in [2.05, 4.69) is 15.5 Å². The summed E-state index contributed by atoms with van der Waals surface area (Å²) in [5.41, 5.74) is 2.83. The van der Waals surface area contributed by atoms with Gasteiger partial charge in [0.15, 0.2) is 0 Å². The summed E-state index contributed by atoms with van der Waals surface area (Å²) in [7, 11) is 2.01. The molecule has 3 heteroatoms. The molecule has 2 N–H and O–H groups in total. The maximum atomic E-state index is 4.23. The number of rotatable bonds is 4. The van der Waals surface area contributed by atoms with Crippen LogP contribution in [0.3, 0.4) is 0 Å². The van der Waals surface area contributed by atoms with Crippen molar-refractivity contribution >= 4 is 0 Å². The lowest BCUT2D eigenvalue weighted by Crippen LogP contribution is -2.12. The van der Waals surface area contributed by atoms with E-state index in [1.807, 2.05) is 13.2 Å². The highest BCUT2D eigenvalue weighted by Gasteiger charge is 2.18. The standard InChI is InChI=1S/C13H23N3/c1-14-9-8-12-10-15-16-13(12)11-6-4-2-3-5-7-11/h10-11,14H,2-9H2,1H3,(H,15,16). The molecule has 0 saturated heterocycles. The van der Waals surface area contributed by atoms with Gasteiger partial charge in [0.25, 0.3) is 0 Å². The van der Waals surface area contributed by atoms with Crippen LogP contribution in [0.5, 0.6) is 0 Å². The first-order valence-electron chi connectivity index (χ1n) is 6.58. The van der Waals surface area contributed by atoms with Gasteiger partial charge in [-0.05, 0) is 38.4 Å². The molecule has 1 heterocycles. The van der Waals surface area contributed by atoms with Crippen molar-refractivity contribution in [1.29, 1.82) is 0 Å². The van der Waals surface area contributed by atoms with E-state index >= 15 is 0 Å². The number of nitrogens with one attached hydrogen (secondary N) is 2. The molecule has 0 spiro atoms. The van der Waals surface area contributed by atoms with Gasteiger partial charge in [-0.3, -0.25) is 5.10 Å². The fourth-order valence-electron chi connectivity index (χ4n) is 2.70. The van der Waals surface area contributed by atoms with Crippen molar-refractivity contribution in [1.82, 2.24) is 15.5 Å². The van der Waals surface area contributed by atoms with Crippen LogP contribution in [-0.2, 0) is 6.42 Å². The number of aromatic amines is 1. The first kappa shape index (κ1) is 11.6. The molecular formula is C13H23N3. The number of aromatic nitrogens is 2. The van der Waals surface area contributed by atoms with Gasteiger partial charge in [-0.2, -0.15) is 5.10 Å². The average Bonchev–Trinajstić information content (AvgIpc) is 2.60. The molecule has 16 heavy (non-hydrogen) atoms. The molecule has 1 saturated carbocycles. The fraction of sp³-hybridized carbons (Fsp3) is 0.769. The third-order valence-electron chi connectivity index (χ3n) is 3.66. The zero-order valence-corrected chi connectivity index (χ0v) is 10.3. The van der Waals surface area contributed by atoms with Gasteiger partial charge in [0.1, 0.15) is 0 Å². The summed E-state index contributed by atoms with van der Waals surface area (Å²) in [6.07, 6.45) is 11.4. The van der Waals surface area contributed by atoms with Crippen molar-refractivity contribution in [3.63, 3.8) is 0 Å². The summed E-state index contributed by atoms with van der Waals surface area (Å²) < 4.78 is 0. The van der Waals surface area contributed by atoms with Gasteiger partial charge in [-0.25, -0.2) is 0 Å². The fourth-order valence-corrected chi connectivity index (χ4v) is 2.70. The predicted octanol–water partition coefficient (Wildman–Crippen LogP) is 2.61. The molecule has 0 aliphatic heterocycles. The average molecular weight is 221 g/mol. The Kier molecular flexibility index (Phi) is 4.40. The molecule has 1 fully saturated rings. The molecule has 0 aromatic carbocycles. The summed E-state index contributed by atoms with van der Waals surface area (Å²) in [5.74, 6) is 0.733. The van der Waals surface area contributed by atoms with Crippen LogP contribution in [-0.4, -0.2) is 23.8 Å². The van der Waals surface area contributed by atoms with E-state index in [4.69, 9.17) is 0 Å². The second-order valence-corrected chi connectivity index (χ2v) is 4.85. The van der Waals surface area contributed by atoms with Crippen LogP contribution < -0.4 is 5.32 Å². The maximum Gasteiger partial charge on any atom is 0.0522 e. The van der Waals surface area contributed by atoms with E-state index in [-0.39, 0.29) is 0 Å². The largest absolute Gasteiger partial charge is 0.319 e. The number of nitrogens with zero attached hydrogens (tertiary/aromatic N) is 1. The van der Waals surface area contributed by atoms with Crippen LogP contribution in [0.4, 0.5) is 0 Å². The first-order valence-corrected chi connectivity index (χ1v) is 6.58. The van der Waals surface area contributed by atoms with Crippen molar-refractivity contribution in [3.8, 4) is 0 Å². The van der Waals surface area contributed by atoms with Crippen molar-refractivity contribution in [3.05, 3.63) is 17.5 Å². The molecule has 2 rings (SSSR count). The number of H-pyrrole nitrogens is 1. The molecule has 90 valence electrons. The zero-order chi connectivity index (χ0) is 11.2. The van der Waals surface area contributed by atoms with Gasteiger partial charge in [0.05, 0.1) is 6.20 Å². The van der Waals surface area contributed by atoms with Crippen LogP contribution in [0, 0.1) is 0 Å². The Morgan fingerprint density at radius 1 is 1.31 bits per heavy atom. The normalized spacial score (nSPS) is 18.6. The van der Waals surface area contributed by atoms with Crippen LogP contribution in [0.1, 0.15) is 55.7 Å².